The van der Waals surface area contributed by atoms with Crippen molar-refractivity contribution in [3.63, 3.8) is 0 Å². The number of fused-ring (bicyclic) bond motifs is 1. The van der Waals surface area contributed by atoms with Gasteiger partial charge in [-0.1, -0.05) is 35.5 Å². The van der Waals surface area contributed by atoms with Crippen molar-refractivity contribution < 1.29 is 14.1 Å². The second kappa shape index (κ2) is 8.94. The highest BCUT2D eigenvalue weighted by molar-refractivity contribution is 6.07. The van der Waals surface area contributed by atoms with Crippen LogP contribution < -0.4 is 15.0 Å². The molecule has 2 aromatic carbocycles. The topological polar surface area (TPSA) is 80.5 Å². The SMILES string of the molecule is COc1ccc(N2CCC(NC(=O)c3cc(-c4ccccc4)nc4onc(C)c34)CC2)cc1. The minimum absolute atomic E-state index is 0.107. The van der Waals surface area contributed by atoms with E-state index in [1.807, 2.05) is 55.5 Å². The highest BCUT2D eigenvalue weighted by atomic mass is 16.5. The molecule has 168 valence electrons. The zero-order valence-electron chi connectivity index (χ0n) is 18.7. The number of nitrogens with zero attached hydrogens (tertiary/aromatic N) is 3. The van der Waals surface area contributed by atoms with Crippen LogP contribution in [0.15, 0.2) is 65.2 Å². The number of anilines is 1. The van der Waals surface area contributed by atoms with Gasteiger partial charge in [-0.2, -0.15) is 0 Å². The molecule has 0 bridgehead atoms. The molecule has 1 saturated heterocycles. The number of methoxy groups -OCH3 is 1. The fraction of sp³-hybridized carbons (Fsp3) is 0.269. The molecule has 2 aromatic heterocycles. The van der Waals surface area contributed by atoms with Crippen molar-refractivity contribution in [2.75, 3.05) is 25.1 Å². The number of pyridine rings is 1. The lowest BCUT2D eigenvalue weighted by Gasteiger charge is -2.34. The number of carbonyl (C=O) groups excluding carboxylic acids is 1. The molecule has 0 spiro atoms. The van der Waals surface area contributed by atoms with Crippen LogP contribution in [0.3, 0.4) is 0 Å². The summed E-state index contributed by atoms with van der Waals surface area (Å²) in [5.41, 5.74) is 4.39. The fourth-order valence-electron chi connectivity index (χ4n) is 4.37. The minimum atomic E-state index is -0.117. The van der Waals surface area contributed by atoms with Gasteiger partial charge in [-0.15, -0.1) is 0 Å². The molecule has 1 aliphatic rings. The lowest BCUT2D eigenvalue weighted by atomic mass is 10.0. The number of hydrogen-bond acceptors (Lipinski definition) is 6. The number of nitrogens with one attached hydrogen (secondary N) is 1. The maximum absolute atomic E-state index is 13.3. The quantitative estimate of drug-likeness (QED) is 0.486. The molecule has 0 saturated carbocycles. The van der Waals surface area contributed by atoms with Crippen molar-refractivity contribution in [1.29, 1.82) is 0 Å². The summed E-state index contributed by atoms with van der Waals surface area (Å²) in [6.45, 7) is 3.59. The van der Waals surface area contributed by atoms with Gasteiger partial charge in [-0.3, -0.25) is 4.79 Å². The second-order valence-corrected chi connectivity index (χ2v) is 8.30. The van der Waals surface area contributed by atoms with Crippen LogP contribution in [0.1, 0.15) is 28.9 Å². The number of aromatic nitrogens is 2. The maximum Gasteiger partial charge on any atom is 0.259 e. The molecule has 1 amide bonds. The number of rotatable bonds is 5. The summed E-state index contributed by atoms with van der Waals surface area (Å²) in [5.74, 6) is 0.734. The van der Waals surface area contributed by atoms with Gasteiger partial charge >= 0.3 is 0 Å². The van der Waals surface area contributed by atoms with E-state index in [0.29, 0.717) is 28.1 Å². The molecule has 0 unspecified atom stereocenters. The first-order valence-electron chi connectivity index (χ1n) is 11.1. The maximum atomic E-state index is 13.3. The van der Waals surface area contributed by atoms with E-state index in [9.17, 15) is 4.79 Å². The summed E-state index contributed by atoms with van der Waals surface area (Å²) < 4.78 is 10.7. The van der Waals surface area contributed by atoms with Crippen molar-refractivity contribution in [2.45, 2.75) is 25.8 Å². The summed E-state index contributed by atoms with van der Waals surface area (Å²) in [5, 5.41) is 7.94. The van der Waals surface area contributed by atoms with Crippen molar-refractivity contribution in [3.05, 3.63) is 71.9 Å². The molecule has 7 heteroatoms. The molecule has 1 N–H and O–H groups in total. The fourth-order valence-corrected chi connectivity index (χ4v) is 4.37. The zero-order valence-corrected chi connectivity index (χ0v) is 18.7. The average molecular weight is 443 g/mol. The molecule has 0 radical (unpaired) electrons. The van der Waals surface area contributed by atoms with Crippen LogP contribution in [-0.2, 0) is 0 Å². The average Bonchev–Trinajstić information content (AvgIpc) is 3.25. The normalized spacial score (nSPS) is 14.4. The van der Waals surface area contributed by atoms with E-state index in [4.69, 9.17) is 9.26 Å². The molecule has 3 heterocycles. The predicted octanol–water partition coefficient (Wildman–Crippen LogP) is 4.61. The van der Waals surface area contributed by atoms with Crippen molar-refractivity contribution in [2.24, 2.45) is 0 Å². The molecule has 7 nitrogen and oxygen atoms in total. The van der Waals surface area contributed by atoms with E-state index < -0.39 is 0 Å². The number of piperidine rings is 1. The zero-order chi connectivity index (χ0) is 22.8. The molecule has 0 atom stereocenters. The summed E-state index contributed by atoms with van der Waals surface area (Å²) >= 11 is 0. The van der Waals surface area contributed by atoms with Crippen LogP contribution in [0.4, 0.5) is 5.69 Å². The van der Waals surface area contributed by atoms with Gasteiger partial charge in [0.15, 0.2) is 0 Å². The smallest absolute Gasteiger partial charge is 0.259 e. The van der Waals surface area contributed by atoms with Gasteiger partial charge in [-0.05, 0) is 50.1 Å². The Kier molecular flexibility index (Phi) is 5.69. The monoisotopic (exact) mass is 442 g/mol. The van der Waals surface area contributed by atoms with E-state index in [2.05, 4.69) is 32.5 Å². The van der Waals surface area contributed by atoms with Crippen molar-refractivity contribution >= 4 is 22.7 Å². The number of aryl methyl sites for hydroxylation is 1. The standard InChI is InChI=1S/C26H26N4O3/c1-17-24-22(16-23(28-26(24)33-29-17)18-6-4-3-5-7-18)25(31)27-19-12-14-30(15-13-19)20-8-10-21(32-2)11-9-20/h3-11,16,19H,12-15H2,1-2H3,(H,27,31). The van der Waals surface area contributed by atoms with E-state index in [1.165, 1.54) is 5.69 Å². The Bertz CT molecular complexity index is 1260. The van der Waals surface area contributed by atoms with E-state index in [0.717, 1.165) is 37.2 Å². The van der Waals surface area contributed by atoms with E-state index in [-0.39, 0.29) is 11.9 Å². The lowest BCUT2D eigenvalue weighted by Crippen LogP contribution is -2.44. The number of benzene rings is 2. The minimum Gasteiger partial charge on any atom is -0.497 e. The number of hydrogen-bond donors (Lipinski definition) is 1. The summed E-state index contributed by atoms with van der Waals surface area (Å²) in [4.78, 5) is 20.3. The van der Waals surface area contributed by atoms with Crippen LogP contribution in [0.5, 0.6) is 5.75 Å². The van der Waals surface area contributed by atoms with Gasteiger partial charge in [0, 0.05) is 30.4 Å². The Balaban J connectivity index is 1.33. The van der Waals surface area contributed by atoms with Crippen LogP contribution >= 0.6 is 0 Å². The number of ether oxygens (including phenoxy) is 1. The Morgan fingerprint density at radius 3 is 2.52 bits per heavy atom. The molecule has 1 fully saturated rings. The Morgan fingerprint density at radius 2 is 1.82 bits per heavy atom. The Hall–Kier alpha value is -3.87. The second-order valence-electron chi connectivity index (χ2n) is 8.30. The van der Waals surface area contributed by atoms with Crippen LogP contribution in [0, 0.1) is 6.92 Å². The molecular formula is C26H26N4O3. The first-order chi connectivity index (χ1) is 16.1. The third-order valence-corrected chi connectivity index (χ3v) is 6.20. The highest BCUT2D eigenvalue weighted by Crippen LogP contribution is 2.28. The predicted molar refractivity (Wildman–Crippen MR) is 128 cm³/mol. The molecular weight excluding hydrogens is 416 g/mol. The summed E-state index contributed by atoms with van der Waals surface area (Å²) in [7, 11) is 1.67. The largest absolute Gasteiger partial charge is 0.497 e. The Morgan fingerprint density at radius 1 is 1.09 bits per heavy atom. The number of amides is 1. The van der Waals surface area contributed by atoms with Gasteiger partial charge in [0.1, 0.15) is 5.75 Å². The molecule has 33 heavy (non-hydrogen) atoms. The number of carbonyl (C=O) groups is 1. The summed E-state index contributed by atoms with van der Waals surface area (Å²) in [6, 6.07) is 19.8. The van der Waals surface area contributed by atoms with Crippen LogP contribution in [0.25, 0.3) is 22.4 Å². The van der Waals surface area contributed by atoms with E-state index in [1.54, 1.807) is 7.11 Å². The summed E-state index contributed by atoms with van der Waals surface area (Å²) in [6.07, 6.45) is 1.75. The Labute approximate surface area is 192 Å². The van der Waals surface area contributed by atoms with E-state index >= 15 is 0 Å². The third-order valence-electron chi connectivity index (χ3n) is 6.20. The third kappa shape index (κ3) is 4.26. The molecule has 1 aliphatic heterocycles. The van der Waals surface area contributed by atoms with Crippen molar-refractivity contribution in [1.82, 2.24) is 15.5 Å². The van der Waals surface area contributed by atoms with Crippen LogP contribution in [-0.4, -0.2) is 42.3 Å². The lowest BCUT2D eigenvalue weighted by molar-refractivity contribution is 0.0932. The van der Waals surface area contributed by atoms with Gasteiger partial charge in [0.05, 0.1) is 29.4 Å². The highest BCUT2D eigenvalue weighted by Gasteiger charge is 2.24. The van der Waals surface area contributed by atoms with Gasteiger partial charge in [-0.25, -0.2) is 4.98 Å². The van der Waals surface area contributed by atoms with Crippen molar-refractivity contribution in [3.8, 4) is 17.0 Å². The molecule has 5 rings (SSSR count). The first-order valence-corrected chi connectivity index (χ1v) is 11.1. The first kappa shape index (κ1) is 21.0. The van der Waals surface area contributed by atoms with Crippen LogP contribution in [0.2, 0.25) is 0 Å². The van der Waals surface area contributed by atoms with Gasteiger partial charge < -0.3 is 19.5 Å². The molecule has 0 aliphatic carbocycles. The van der Waals surface area contributed by atoms with Gasteiger partial charge in [0.2, 0.25) is 0 Å². The van der Waals surface area contributed by atoms with Gasteiger partial charge in [0.25, 0.3) is 11.6 Å². The molecule has 4 aromatic rings.